The van der Waals surface area contributed by atoms with Crippen LogP contribution in [-0.4, -0.2) is 36.3 Å². The highest BCUT2D eigenvalue weighted by atomic mass is 16.6. The van der Waals surface area contributed by atoms with Crippen LogP contribution < -0.4 is 5.32 Å². The summed E-state index contributed by atoms with van der Waals surface area (Å²) in [6, 6.07) is 0. The standard InChI is InChI=1S/C13H19N3O2/c1-2-14-12-9-4-3-5-10(9)15-13(16-12)11-8-17-6-7-18-11/h11H,2-8H2,1H3,(H,14,15,16). The molecule has 1 aliphatic carbocycles. The molecule has 0 radical (unpaired) electrons. The van der Waals surface area contributed by atoms with Crippen molar-refractivity contribution in [2.75, 3.05) is 31.7 Å². The van der Waals surface area contributed by atoms with Gasteiger partial charge in [-0.3, -0.25) is 0 Å². The lowest BCUT2D eigenvalue weighted by Crippen LogP contribution is -2.24. The molecule has 1 unspecified atom stereocenters. The molecule has 1 N–H and O–H groups in total. The Morgan fingerprint density at radius 2 is 2.22 bits per heavy atom. The summed E-state index contributed by atoms with van der Waals surface area (Å²) < 4.78 is 11.1. The van der Waals surface area contributed by atoms with Gasteiger partial charge < -0.3 is 14.8 Å². The molecule has 5 nitrogen and oxygen atoms in total. The highest BCUT2D eigenvalue weighted by molar-refractivity contribution is 5.48. The second-order valence-electron chi connectivity index (χ2n) is 4.67. The van der Waals surface area contributed by atoms with E-state index in [2.05, 4.69) is 22.2 Å². The van der Waals surface area contributed by atoms with Gasteiger partial charge in [-0.2, -0.15) is 0 Å². The number of ether oxygens (including phenoxy) is 2. The summed E-state index contributed by atoms with van der Waals surface area (Å²) >= 11 is 0. The van der Waals surface area contributed by atoms with Gasteiger partial charge in [0.2, 0.25) is 0 Å². The number of aryl methyl sites for hydroxylation is 1. The van der Waals surface area contributed by atoms with Crippen molar-refractivity contribution in [2.24, 2.45) is 0 Å². The Hall–Kier alpha value is -1.20. The quantitative estimate of drug-likeness (QED) is 0.879. The fourth-order valence-corrected chi connectivity index (χ4v) is 2.55. The van der Waals surface area contributed by atoms with Crippen molar-refractivity contribution < 1.29 is 9.47 Å². The van der Waals surface area contributed by atoms with Crippen LogP contribution in [0.15, 0.2) is 0 Å². The Kier molecular flexibility index (Phi) is 3.43. The number of hydrogen-bond acceptors (Lipinski definition) is 5. The fourth-order valence-electron chi connectivity index (χ4n) is 2.55. The van der Waals surface area contributed by atoms with E-state index in [1.165, 1.54) is 17.7 Å². The minimum atomic E-state index is -0.109. The molecule has 0 bridgehead atoms. The maximum atomic E-state index is 5.68. The molecule has 0 amide bonds. The Morgan fingerprint density at radius 3 is 3.00 bits per heavy atom. The van der Waals surface area contributed by atoms with E-state index in [-0.39, 0.29) is 6.10 Å². The van der Waals surface area contributed by atoms with Crippen molar-refractivity contribution in [1.82, 2.24) is 9.97 Å². The Bertz CT molecular complexity index is 430. The van der Waals surface area contributed by atoms with Gasteiger partial charge in [-0.05, 0) is 26.2 Å². The van der Waals surface area contributed by atoms with Crippen molar-refractivity contribution in [2.45, 2.75) is 32.3 Å². The van der Waals surface area contributed by atoms with Crippen LogP contribution in [0.2, 0.25) is 0 Å². The fraction of sp³-hybridized carbons (Fsp3) is 0.692. The first-order valence-electron chi connectivity index (χ1n) is 6.71. The Morgan fingerprint density at radius 1 is 1.28 bits per heavy atom. The lowest BCUT2D eigenvalue weighted by Gasteiger charge is -2.22. The number of fused-ring (bicyclic) bond motifs is 1. The monoisotopic (exact) mass is 249 g/mol. The van der Waals surface area contributed by atoms with E-state index in [0.29, 0.717) is 19.8 Å². The van der Waals surface area contributed by atoms with Gasteiger partial charge in [0.25, 0.3) is 0 Å². The topological polar surface area (TPSA) is 56.3 Å². The number of nitrogens with zero attached hydrogens (tertiary/aromatic N) is 2. The molecule has 0 aromatic carbocycles. The van der Waals surface area contributed by atoms with Crippen LogP contribution in [-0.2, 0) is 22.3 Å². The van der Waals surface area contributed by atoms with Crippen LogP contribution in [0.1, 0.15) is 36.5 Å². The smallest absolute Gasteiger partial charge is 0.162 e. The van der Waals surface area contributed by atoms with Crippen molar-refractivity contribution in [3.8, 4) is 0 Å². The van der Waals surface area contributed by atoms with Crippen LogP contribution in [0.25, 0.3) is 0 Å². The van der Waals surface area contributed by atoms with Gasteiger partial charge >= 0.3 is 0 Å². The van der Waals surface area contributed by atoms with Crippen molar-refractivity contribution in [3.63, 3.8) is 0 Å². The van der Waals surface area contributed by atoms with E-state index in [1.807, 2.05) is 0 Å². The number of nitrogens with one attached hydrogen (secondary N) is 1. The molecule has 0 saturated carbocycles. The van der Waals surface area contributed by atoms with Gasteiger partial charge in [0.1, 0.15) is 11.9 Å². The summed E-state index contributed by atoms with van der Waals surface area (Å²) in [6.45, 7) is 4.82. The number of rotatable bonds is 3. The summed E-state index contributed by atoms with van der Waals surface area (Å²) in [4.78, 5) is 9.29. The average molecular weight is 249 g/mol. The third-order valence-electron chi connectivity index (χ3n) is 3.40. The molecule has 2 heterocycles. The third kappa shape index (κ3) is 2.20. The summed E-state index contributed by atoms with van der Waals surface area (Å²) in [6.07, 6.45) is 3.20. The zero-order chi connectivity index (χ0) is 12.4. The largest absolute Gasteiger partial charge is 0.376 e. The number of hydrogen-bond donors (Lipinski definition) is 1. The van der Waals surface area contributed by atoms with Crippen molar-refractivity contribution >= 4 is 5.82 Å². The summed E-state index contributed by atoms with van der Waals surface area (Å²) in [5, 5.41) is 3.34. The van der Waals surface area contributed by atoms with Gasteiger partial charge in [-0.15, -0.1) is 0 Å². The van der Waals surface area contributed by atoms with Crippen LogP contribution in [0.3, 0.4) is 0 Å². The SMILES string of the molecule is CCNc1nc(C2COCCO2)nc2c1CCC2. The molecule has 2 aliphatic rings. The number of anilines is 1. The van der Waals surface area contributed by atoms with Crippen LogP contribution in [0, 0.1) is 0 Å². The molecule has 0 spiro atoms. The second-order valence-corrected chi connectivity index (χ2v) is 4.67. The van der Waals surface area contributed by atoms with Crippen LogP contribution >= 0.6 is 0 Å². The molecule has 5 heteroatoms. The minimum absolute atomic E-state index is 0.109. The highest BCUT2D eigenvalue weighted by Crippen LogP contribution is 2.28. The van der Waals surface area contributed by atoms with E-state index in [0.717, 1.165) is 31.0 Å². The lowest BCUT2D eigenvalue weighted by atomic mass is 10.2. The first-order valence-corrected chi connectivity index (χ1v) is 6.71. The van der Waals surface area contributed by atoms with E-state index in [4.69, 9.17) is 9.47 Å². The minimum Gasteiger partial charge on any atom is -0.376 e. The molecule has 1 aromatic rings. The van der Waals surface area contributed by atoms with Crippen molar-refractivity contribution in [1.29, 1.82) is 0 Å². The first kappa shape index (κ1) is 11.9. The summed E-state index contributed by atoms with van der Waals surface area (Å²) in [5.41, 5.74) is 2.47. The zero-order valence-electron chi connectivity index (χ0n) is 10.7. The highest BCUT2D eigenvalue weighted by Gasteiger charge is 2.24. The van der Waals surface area contributed by atoms with Gasteiger partial charge in [-0.1, -0.05) is 0 Å². The van der Waals surface area contributed by atoms with E-state index in [1.54, 1.807) is 0 Å². The molecular weight excluding hydrogens is 230 g/mol. The molecule has 1 aromatic heterocycles. The van der Waals surface area contributed by atoms with E-state index < -0.39 is 0 Å². The van der Waals surface area contributed by atoms with E-state index in [9.17, 15) is 0 Å². The van der Waals surface area contributed by atoms with Crippen LogP contribution in [0.5, 0.6) is 0 Å². The normalized spacial score (nSPS) is 22.8. The third-order valence-corrected chi connectivity index (χ3v) is 3.40. The second kappa shape index (κ2) is 5.20. The Labute approximate surface area is 107 Å². The lowest BCUT2D eigenvalue weighted by molar-refractivity contribution is -0.0935. The molecule has 1 aliphatic heterocycles. The predicted molar refractivity (Wildman–Crippen MR) is 67.7 cm³/mol. The maximum Gasteiger partial charge on any atom is 0.162 e. The van der Waals surface area contributed by atoms with Gasteiger partial charge in [-0.25, -0.2) is 9.97 Å². The molecule has 18 heavy (non-hydrogen) atoms. The molecule has 1 atom stereocenters. The van der Waals surface area contributed by atoms with Gasteiger partial charge in [0.05, 0.1) is 19.8 Å². The average Bonchev–Trinajstić information content (AvgIpc) is 2.88. The predicted octanol–water partition coefficient (Wildman–Crippen LogP) is 1.48. The Balaban J connectivity index is 1.92. The first-order chi connectivity index (χ1) is 8.88. The maximum absolute atomic E-state index is 5.68. The van der Waals surface area contributed by atoms with Gasteiger partial charge in [0, 0.05) is 17.8 Å². The molecule has 3 rings (SSSR count). The summed E-state index contributed by atoms with van der Waals surface area (Å²) in [7, 11) is 0. The molecular formula is C13H19N3O2. The molecule has 98 valence electrons. The van der Waals surface area contributed by atoms with Crippen LogP contribution in [0.4, 0.5) is 5.82 Å². The zero-order valence-corrected chi connectivity index (χ0v) is 10.7. The summed E-state index contributed by atoms with van der Waals surface area (Å²) in [5.74, 6) is 1.76. The van der Waals surface area contributed by atoms with Crippen molar-refractivity contribution in [3.05, 3.63) is 17.1 Å². The molecule has 1 fully saturated rings. The van der Waals surface area contributed by atoms with E-state index >= 15 is 0 Å². The molecule has 1 saturated heterocycles. The van der Waals surface area contributed by atoms with Gasteiger partial charge in [0.15, 0.2) is 5.82 Å². The number of aromatic nitrogens is 2.